The van der Waals surface area contributed by atoms with Gasteiger partial charge >= 0.3 is 21.1 Å². The molecule has 0 aliphatic heterocycles. The van der Waals surface area contributed by atoms with Crippen LogP contribution in [-0.2, 0) is 26.5 Å². The Morgan fingerprint density at radius 3 is 2.28 bits per heavy atom. The summed E-state index contributed by atoms with van der Waals surface area (Å²) in [6.45, 7) is 14.6. The summed E-state index contributed by atoms with van der Waals surface area (Å²) in [5.74, 6) is 1.92. The molecule has 0 aliphatic carbocycles. The van der Waals surface area contributed by atoms with Gasteiger partial charge in [0.15, 0.2) is 0 Å². The van der Waals surface area contributed by atoms with Crippen molar-refractivity contribution in [1.29, 1.82) is 0 Å². The summed E-state index contributed by atoms with van der Waals surface area (Å²) < 4.78 is 16.5. The van der Waals surface area contributed by atoms with Gasteiger partial charge in [-0.25, -0.2) is 4.98 Å². The number of rotatable bonds is 6. The third-order valence-electron chi connectivity index (χ3n) is 7.42. The number of hydrogen-bond acceptors (Lipinski definition) is 5. The topological polar surface area (TPSA) is 66.5 Å². The molecule has 7 nitrogen and oxygen atoms in total. The van der Waals surface area contributed by atoms with Gasteiger partial charge in [-0.3, -0.25) is 14.1 Å². The molecule has 0 saturated heterocycles. The molecule has 4 heterocycles. The van der Waals surface area contributed by atoms with Gasteiger partial charge < -0.3 is 9.47 Å². The number of benzene rings is 2. The van der Waals surface area contributed by atoms with Crippen molar-refractivity contribution in [3.05, 3.63) is 113 Å². The van der Waals surface area contributed by atoms with Crippen LogP contribution < -0.4 is 9.47 Å². The fraction of sp³-hybridized carbons (Fsp3) is 0.229. The quantitative estimate of drug-likeness (QED) is 0.160. The summed E-state index contributed by atoms with van der Waals surface area (Å²) >= 11 is 0. The van der Waals surface area contributed by atoms with Gasteiger partial charge in [0.25, 0.3) is 0 Å². The fourth-order valence-corrected chi connectivity index (χ4v) is 5.10. The standard InChI is InChI=1S/C35H33N5O2.Pt/c1-22-24(3)39-31(37-22)20-30(21-33(39)42-32-18-27(16-17-36-32)35(5,6)7)41-29-15-11-14-28(19-29)40-25(4)34(23(2)38-40)26-12-9-8-10-13-26;/h8-18,20H,1-7H3;/q-2;+2. The fourth-order valence-electron chi connectivity index (χ4n) is 5.10. The zero-order chi connectivity index (χ0) is 29.6. The molecule has 2 aromatic carbocycles. The van der Waals surface area contributed by atoms with E-state index in [0.717, 1.165) is 45.2 Å². The third-order valence-corrected chi connectivity index (χ3v) is 7.42. The zero-order valence-corrected chi connectivity index (χ0v) is 27.6. The number of imidazole rings is 1. The molecule has 0 unspecified atom stereocenters. The van der Waals surface area contributed by atoms with Crippen LogP contribution in [0.3, 0.4) is 0 Å². The van der Waals surface area contributed by atoms with Gasteiger partial charge in [0.1, 0.15) is 5.88 Å². The molecular weight excluding hydrogens is 717 g/mol. The molecule has 0 radical (unpaired) electrons. The van der Waals surface area contributed by atoms with E-state index in [1.165, 1.54) is 0 Å². The Morgan fingerprint density at radius 1 is 0.767 bits per heavy atom. The molecule has 0 atom stereocenters. The van der Waals surface area contributed by atoms with Crippen molar-refractivity contribution in [2.75, 3.05) is 0 Å². The number of fused-ring (bicyclic) bond motifs is 1. The molecule has 0 spiro atoms. The van der Waals surface area contributed by atoms with Crippen molar-refractivity contribution in [3.63, 3.8) is 0 Å². The van der Waals surface area contributed by atoms with E-state index in [9.17, 15) is 0 Å². The van der Waals surface area contributed by atoms with E-state index in [1.807, 2.05) is 84.5 Å². The van der Waals surface area contributed by atoms with Crippen molar-refractivity contribution in [2.45, 2.75) is 53.9 Å². The zero-order valence-electron chi connectivity index (χ0n) is 25.3. The molecule has 0 bridgehead atoms. The second-order valence-corrected chi connectivity index (χ2v) is 11.5. The minimum Gasteiger partial charge on any atom is -0.521 e. The Bertz CT molecular complexity index is 1920. The Balaban J connectivity index is 0.00000368. The summed E-state index contributed by atoms with van der Waals surface area (Å²) in [5, 5.41) is 4.83. The Hall–Kier alpha value is -4.22. The molecule has 8 heteroatoms. The second-order valence-electron chi connectivity index (χ2n) is 11.5. The number of hydrogen-bond donors (Lipinski definition) is 0. The van der Waals surface area contributed by atoms with Gasteiger partial charge in [0.2, 0.25) is 5.88 Å². The Labute approximate surface area is 266 Å². The molecule has 0 fully saturated rings. The van der Waals surface area contributed by atoms with E-state index >= 15 is 0 Å². The van der Waals surface area contributed by atoms with Gasteiger partial charge in [0.05, 0.1) is 17.0 Å². The van der Waals surface area contributed by atoms with Gasteiger partial charge in [0, 0.05) is 35.0 Å². The maximum absolute atomic E-state index is 6.32. The molecule has 6 rings (SSSR count). The van der Waals surface area contributed by atoms with Gasteiger partial charge in [-0.1, -0.05) is 51.1 Å². The maximum Gasteiger partial charge on any atom is 2.00 e. The summed E-state index contributed by atoms with van der Waals surface area (Å²) in [6.07, 6.45) is 1.77. The Kier molecular flexibility index (Phi) is 8.31. The monoisotopic (exact) mass is 750 g/mol. The summed E-state index contributed by atoms with van der Waals surface area (Å²) in [6, 6.07) is 28.6. The van der Waals surface area contributed by atoms with Crippen molar-refractivity contribution < 1.29 is 30.5 Å². The van der Waals surface area contributed by atoms with Crippen LogP contribution in [0.15, 0.2) is 72.9 Å². The van der Waals surface area contributed by atoms with E-state index < -0.39 is 0 Å². The summed E-state index contributed by atoms with van der Waals surface area (Å²) in [4.78, 5) is 9.19. The van der Waals surface area contributed by atoms with Crippen LogP contribution in [0.1, 0.15) is 49.1 Å². The van der Waals surface area contributed by atoms with Crippen LogP contribution in [0.5, 0.6) is 23.3 Å². The number of nitrogens with zero attached hydrogens (tertiary/aromatic N) is 5. The van der Waals surface area contributed by atoms with Crippen molar-refractivity contribution in [3.8, 4) is 40.1 Å². The van der Waals surface area contributed by atoms with Crippen molar-refractivity contribution in [1.82, 2.24) is 24.1 Å². The first-order valence-corrected chi connectivity index (χ1v) is 14.0. The molecule has 4 aromatic heterocycles. The average Bonchev–Trinajstić information content (AvgIpc) is 3.42. The normalized spacial score (nSPS) is 11.4. The van der Waals surface area contributed by atoms with Crippen LogP contribution in [0.4, 0.5) is 0 Å². The molecular formula is C35H33N5O2Pt. The molecule has 0 saturated carbocycles. The molecule has 43 heavy (non-hydrogen) atoms. The number of ether oxygens (including phenoxy) is 2. The molecule has 0 N–H and O–H groups in total. The first-order valence-electron chi connectivity index (χ1n) is 14.0. The van der Waals surface area contributed by atoms with Crippen LogP contribution in [0.2, 0.25) is 0 Å². The minimum atomic E-state index is -0.0409. The van der Waals surface area contributed by atoms with Gasteiger partial charge in [-0.05, 0) is 61.7 Å². The summed E-state index contributed by atoms with van der Waals surface area (Å²) in [5.41, 5.74) is 8.65. The van der Waals surface area contributed by atoms with Gasteiger partial charge in [-0.15, -0.1) is 30.3 Å². The number of aromatic nitrogens is 5. The predicted molar refractivity (Wildman–Crippen MR) is 164 cm³/mol. The first kappa shape index (κ1) is 30.2. The van der Waals surface area contributed by atoms with Crippen molar-refractivity contribution in [2.24, 2.45) is 0 Å². The van der Waals surface area contributed by atoms with Crippen LogP contribution in [0.25, 0.3) is 22.5 Å². The van der Waals surface area contributed by atoms with E-state index in [1.54, 1.807) is 6.20 Å². The summed E-state index contributed by atoms with van der Waals surface area (Å²) in [7, 11) is 0. The molecule has 6 aromatic rings. The largest absolute Gasteiger partial charge is 2.00 e. The van der Waals surface area contributed by atoms with Crippen molar-refractivity contribution >= 4 is 5.65 Å². The van der Waals surface area contributed by atoms with Gasteiger partial charge in [-0.2, -0.15) is 11.2 Å². The smallest absolute Gasteiger partial charge is 0.521 e. The molecule has 220 valence electrons. The SMILES string of the molecule is Cc1nn(-c2[c-]c(Oc3[c-]c(Oc4cc(C(C)(C)C)ccn4)n4c(C)c(C)nc4c3)ccc2)c(C)c1-c1ccccc1.[Pt+2]. The Morgan fingerprint density at radius 2 is 1.53 bits per heavy atom. The van der Waals surface area contributed by atoms with Crippen LogP contribution in [-0.4, -0.2) is 24.1 Å². The second kappa shape index (κ2) is 11.8. The van der Waals surface area contributed by atoms with E-state index in [-0.39, 0.29) is 26.5 Å². The third kappa shape index (κ3) is 6.00. The van der Waals surface area contributed by atoms with E-state index in [0.29, 0.717) is 28.9 Å². The van der Waals surface area contributed by atoms with Crippen LogP contribution in [0, 0.1) is 39.8 Å². The van der Waals surface area contributed by atoms with E-state index in [2.05, 4.69) is 56.9 Å². The molecule has 0 amide bonds. The van der Waals surface area contributed by atoms with Crippen LogP contribution >= 0.6 is 0 Å². The maximum atomic E-state index is 6.32. The molecule has 0 aliphatic rings. The first-order chi connectivity index (χ1) is 20.1. The van der Waals surface area contributed by atoms with E-state index in [4.69, 9.17) is 19.6 Å². The predicted octanol–water partition coefficient (Wildman–Crippen LogP) is 8.30. The number of aryl methyl sites for hydroxylation is 3. The average molecular weight is 751 g/mol. The number of pyridine rings is 2. The minimum absolute atomic E-state index is 0.